The third-order valence-electron chi connectivity index (χ3n) is 3.06. The fraction of sp³-hybridized carbons (Fsp3) is 0.727. The van der Waals surface area contributed by atoms with Gasteiger partial charge in [0.2, 0.25) is 0 Å². The molecule has 1 atom stereocenters. The summed E-state index contributed by atoms with van der Waals surface area (Å²) in [6, 6.07) is 0. The molecule has 14 heavy (non-hydrogen) atoms. The zero-order valence-electron chi connectivity index (χ0n) is 9.05. The van der Waals surface area contributed by atoms with E-state index in [9.17, 15) is 4.79 Å². The molecule has 1 N–H and O–H groups in total. The van der Waals surface area contributed by atoms with Gasteiger partial charge in [0.05, 0.1) is 0 Å². The number of aliphatic carboxylic acids is 1. The maximum absolute atomic E-state index is 11.1. The van der Waals surface area contributed by atoms with Gasteiger partial charge in [0.25, 0.3) is 0 Å². The Labute approximate surface area is 85.4 Å². The third-order valence-corrected chi connectivity index (χ3v) is 3.06. The number of nitrogens with zero attached hydrogens (tertiary/aromatic N) is 1. The summed E-state index contributed by atoms with van der Waals surface area (Å²) in [7, 11) is 0. The molecule has 1 fully saturated rings. The molecule has 0 aliphatic carbocycles. The number of hydrogen-bond acceptors (Lipinski definition) is 2. The lowest BCUT2D eigenvalue weighted by Crippen LogP contribution is -2.48. The van der Waals surface area contributed by atoms with Crippen LogP contribution in [0.5, 0.6) is 0 Å². The molecule has 0 radical (unpaired) electrons. The van der Waals surface area contributed by atoms with Crippen molar-refractivity contribution in [1.82, 2.24) is 4.90 Å². The van der Waals surface area contributed by atoms with Gasteiger partial charge < -0.3 is 5.11 Å². The molecular formula is C11H19NO2. The Morgan fingerprint density at radius 1 is 1.64 bits per heavy atom. The van der Waals surface area contributed by atoms with E-state index in [2.05, 4.69) is 11.5 Å². The molecule has 0 aromatic heterocycles. The molecule has 0 saturated carbocycles. The summed E-state index contributed by atoms with van der Waals surface area (Å²) in [5.74, 6) is -0.697. The van der Waals surface area contributed by atoms with Gasteiger partial charge in [0, 0.05) is 6.54 Å². The molecule has 0 spiro atoms. The van der Waals surface area contributed by atoms with Crippen molar-refractivity contribution < 1.29 is 9.90 Å². The van der Waals surface area contributed by atoms with Crippen LogP contribution in [0.15, 0.2) is 12.2 Å². The number of carbonyl (C=O) groups is 1. The van der Waals surface area contributed by atoms with E-state index in [1.54, 1.807) is 0 Å². The minimum absolute atomic E-state index is 0.643. The lowest BCUT2D eigenvalue weighted by Gasteiger charge is -2.31. The van der Waals surface area contributed by atoms with E-state index >= 15 is 0 Å². The highest BCUT2D eigenvalue weighted by molar-refractivity contribution is 5.78. The predicted molar refractivity (Wildman–Crippen MR) is 56.3 cm³/mol. The summed E-state index contributed by atoms with van der Waals surface area (Å²) < 4.78 is 0. The third kappa shape index (κ3) is 2.15. The highest BCUT2D eigenvalue weighted by Gasteiger charge is 2.42. The minimum atomic E-state index is -0.697. The van der Waals surface area contributed by atoms with Crippen molar-refractivity contribution in [3.8, 4) is 0 Å². The standard InChI is InChI=1S/C11H19NO2/c1-9(2)5-8-12-7-4-6-11(12,3)10(13)14/h1,4-8H2,2-3H3,(H,13,14). The van der Waals surface area contributed by atoms with Crippen molar-refractivity contribution in [3.63, 3.8) is 0 Å². The Hall–Kier alpha value is -0.830. The number of carboxylic acid groups (broad SMARTS) is 1. The van der Waals surface area contributed by atoms with Crippen LogP contribution in [0.2, 0.25) is 0 Å². The van der Waals surface area contributed by atoms with Crippen LogP contribution in [0.25, 0.3) is 0 Å². The van der Waals surface area contributed by atoms with E-state index in [4.69, 9.17) is 5.11 Å². The van der Waals surface area contributed by atoms with Crippen molar-refractivity contribution in [3.05, 3.63) is 12.2 Å². The molecule has 1 rings (SSSR count). The van der Waals surface area contributed by atoms with Crippen molar-refractivity contribution in [2.24, 2.45) is 0 Å². The molecule has 3 nitrogen and oxygen atoms in total. The van der Waals surface area contributed by atoms with Gasteiger partial charge >= 0.3 is 5.97 Å². The van der Waals surface area contributed by atoms with Crippen LogP contribution in [0.1, 0.15) is 33.1 Å². The summed E-state index contributed by atoms with van der Waals surface area (Å²) in [5, 5.41) is 9.14. The lowest BCUT2D eigenvalue weighted by molar-refractivity contribution is -0.148. The van der Waals surface area contributed by atoms with Gasteiger partial charge in [-0.3, -0.25) is 9.69 Å². The largest absolute Gasteiger partial charge is 0.480 e. The molecular weight excluding hydrogens is 178 g/mol. The van der Waals surface area contributed by atoms with E-state index in [1.807, 2.05) is 13.8 Å². The van der Waals surface area contributed by atoms with Gasteiger partial charge in [0.15, 0.2) is 0 Å². The van der Waals surface area contributed by atoms with Gasteiger partial charge in [-0.2, -0.15) is 0 Å². The second kappa shape index (κ2) is 4.13. The molecule has 1 aliphatic rings. The zero-order chi connectivity index (χ0) is 10.8. The Balaban J connectivity index is 2.59. The molecule has 80 valence electrons. The topological polar surface area (TPSA) is 40.5 Å². The summed E-state index contributed by atoms with van der Waals surface area (Å²) in [5.41, 5.74) is 0.472. The molecule has 1 unspecified atom stereocenters. The number of likely N-dealkylation sites (tertiary alicyclic amines) is 1. The number of rotatable bonds is 4. The molecule has 0 aromatic rings. The van der Waals surface area contributed by atoms with Gasteiger partial charge in [0.1, 0.15) is 5.54 Å². The molecule has 1 aliphatic heterocycles. The Morgan fingerprint density at radius 3 is 2.79 bits per heavy atom. The fourth-order valence-electron chi connectivity index (χ4n) is 1.95. The van der Waals surface area contributed by atoms with Gasteiger partial charge in [-0.05, 0) is 39.7 Å². The minimum Gasteiger partial charge on any atom is -0.480 e. The highest BCUT2D eigenvalue weighted by Crippen LogP contribution is 2.29. The van der Waals surface area contributed by atoms with Crippen LogP contribution >= 0.6 is 0 Å². The molecule has 3 heteroatoms. The van der Waals surface area contributed by atoms with Crippen LogP contribution in [-0.2, 0) is 4.79 Å². The Morgan fingerprint density at radius 2 is 2.29 bits per heavy atom. The predicted octanol–water partition coefficient (Wildman–Crippen LogP) is 1.89. The summed E-state index contributed by atoms with van der Waals surface area (Å²) in [4.78, 5) is 13.2. The first-order valence-electron chi connectivity index (χ1n) is 5.09. The molecule has 0 bridgehead atoms. The summed E-state index contributed by atoms with van der Waals surface area (Å²) in [6.45, 7) is 9.35. The van der Waals surface area contributed by atoms with Gasteiger partial charge in [-0.25, -0.2) is 0 Å². The van der Waals surface area contributed by atoms with E-state index in [-0.39, 0.29) is 0 Å². The lowest BCUT2D eigenvalue weighted by atomic mass is 9.99. The number of hydrogen-bond donors (Lipinski definition) is 1. The average molecular weight is 197 g/mol. The maximum Gasteiger partial charge on any atom is 0.323 e. The van der Waals surface area contributed by atoms with Crippen molar-refractivity contribution >= 4 is 5.97 Å². The first-order valence-corrected chi connectivity index (χ1v) is 5.09. The normalized spacial score (nSPS) is 27.9. The van der Waals surface area contributed by atoms with Crippen LogP contribution in [0, 0.1) is 0 Å². The van der Waals surface area contributed by atoms with Crippen molar-refractivity contribution in [2.45, 2.75) is 38.6 Å². The first kappa shape index (κ1) is 11.2. The molecule has 1 saturated heterocycles. The molecule has 0 amide bonds. The van der Waals surface area contributed by atoms with Crippen LogP contribution in [0.4, 0.5) is 0 Å². The number of carboxylic acids is 1. The summed E-state index contributed by atoms with van der Waals surface area (Å²) in [6.07, 6.45) is 2.64. The maximum atomic E-state index is 11.1. The first-order chi connectivity index (χ1) is 6.47. The molecule has 1 heterocycles. The Bertz CT molecular complexity index is 250. The van der Waals surface area contributed by atoms with E-state index < -0.39 is 11.5 Å². The van der Waals surface area contributed by atoms with Crippen LogP contribution < -0.4 is 0 Å². The van der Waals surface area contributed by atoms with Crippen LogP contribution in [-0.4, -0.2) is 34.6 Å². The SMILES string of the molecule is C=C(C)CCN1CCCC1(C)C(=O)O. The van der Waals surface area contributed by atoms with E-state index in [0.29, 0.717) is 0 Å². The van der Waals surface area contributed by atoms with Crippen molar-refractivity contribution in [1.29, 1.82) is 0 Å². The monoisotopic (exact) mass is 197 g/mol. The van der Waals surface area contributed by atoms with Gasteiger partial charge in [-0.1, -0.05) is 5.57 Å². The summed E-state index contributed by atoms with van der Waals surface area (Å²) >= 11 is 0. The average Bonchev–Trinajstić information content (AvgIpc) is 2.45. The molecule has 0 aromatic carbocycles. The quantitative estimate of drug-likeness (QED) is 0.700. The van der Waals surface area contributed by atoms with Crippen LogP contribution in [0.3, 0.4) is 0 Å². The second-order valence-corrected chi connectivity index (χ2v) is 4.38. The highest BCUT2D eigenvalue weighted by atomic mass is 16.4. The fourth-order valence-corrected chi connectivity index (χ4v) is 1.95. The van der Waals surface area contributed by atoms with Gasteiger partial charge in [-0.15, -0.1) is 6.58 Å². The zero-order valence-corrected chi connectivity index (χ0v) is 9.05. The Kier molecular flexibility index (Phi) is 3.32. The van der Waals surface area contributed by atoms with E-state index in [1.165, 1.54) is 0 Å². The van der Waals surface area contributed by atoms with Crippen molar-refractivity contribution in [2.75, 3.05) is 13.1 Å². The smallest absolute Gasteiger partial charge is 0.323 e. The van der Waals surface area contributed by atoms with E-state index in [0.717, 1.165) is 37.9 Å². The second-order valence-electron chi connectivity index (χ2n) is 4.38.